The Morgan fingerprint density at radius 3 is 2.82 bits per heavy atom. The fourth-order valence-corrected chi connectivity index (χ4v) is 2.43. The van der Waals surface area contributed by atoms with Crippen molar-refractivity contribution in [2.45, 2.75) is 39.2 Å². The summed E-state index contributed by atoms with van der Waals surface area (Å²) in [7, 11) is 1.61. The summed E-state index contributed by atoms with van der Waals surface area (Å²) >= 11 is 0. The first-order valence-electron chi connectivity index (χ1n) is 6.07. The van der Waals surface area contributed by atoms with E-state index in [0.29, 0.717) is 23.0 Å². The topological polar surface area (TPSA) is 60.2 Å². The van der Waals surface area contributed by atoms with Crippen molar-refractivity contribution in [3.63, 3.8) is 0 Å². The quantitative estimate of drug-likeness (QED) is 0.845. The Morgan fingerprint density at radius 1 is 1.47 bits per heavy atom. The molecule has 0 aliphatic heterocycles. The second kappa shape index (κ2) is 4.43. The number of nitrogens with one attached hydrogen (secondary N) is 1. The number of pyridine rings is 1. The molecule has 1 unspecified atom stereocenters. The van der Waals surface area contributed by atoms with E-state index in [2.05, 4.69) is 24.1 Å². The largest absolute Gasteiger partial charge is 0.481 e. The van der Waals surface area contributed by atoms with Crippen molar-refractivity contribution in [3.8, 4) is 5.88 Å². The minimum atomic E-state index is 0.422. The van der Waals surface area contributed by atoms with Crippen LogP contribution in [0.1, 0.15) is 33.1 Å². The summed E-state index contributed by atoms with van der Waals surface area (Å²) in [6.07, 6.45) is 3.57. The molecule has 1 aromatic rings. The fourth-order valence-electron chi connectivity index (χ4n) is 2.43. The summed E-state index contributed by atoms with van der Waals surface area (Å²) in [5, 5.41) is 3.42. The molecule has 0 saturated heterocycles. The normalized spacial score (nSPS) is 22.4. The van der Waals surface area contributed by atoms with Crippen molar-refractivity contribution in [1.82, 2.24) is 4.98 Å². The molecule has 1 atom stereocenters. The highest BCUT2D eigenvalue weighted by molar-refractivity contribution is 5.62. The molecule has 0 aromatic carbocycles. The molecule has 1 heterocycles. The molecule has 17 heavy (non-hydrogen) atoms. The van der Waals surface area contributed by atoms with Gasteiger partial charge in [-0.1, -0.05) is 13.8 Å². The summed E-state index contributed by atoms with van der Waals surface area (Å²) in [6.45, 7) is 4.61. The molecule has 4 heteroatoms. The van der Waals surface area contributed by atoms with Crippen LogP contribution in [0.2, 0.25) is 0 Å². The van der Waals surface area contributed by atoms with Gasteiger partial charge in [-0.05, 0) is 30.7 Å². The van der Waals surface area contributed by atoms with E-state index < -0.39 is 0 Å². The summed E-state index contributed by atoms with van der Waals surface area (Å²) in [5.41, 5.74) is 7.01. The van der Waals surface area contributed by atoms with Gasteiger partial charge in [-0.2, -0.15) is 4.98 Å². The molecule has 0 amide bonds. The van der Waals surface area contributed by atoms with Crippen LogP contribution in [0.3, 0.4) is 0 Å². The van der Waals surface area contributed by atoms with E-state index in [9.17, 15) is 0 Å². The van der Waals surface area contributed by atoms with E-state index in [1.807, 2.05) is 6.07 Å². The highest BCUT2D eigenvalue weighted by atomic mass is 16.5. The monoisotopic (exact) mass is 235 g/mol. The standard InChI is InChI=1S/C13H21N3O/c1-13(2)7-6-9(8-13)15-12-10(14)4-5-11(16-12)17-3/h4-5,9H,6-8,14H2,1-3H3,(H,15,16). The molecule has 0 radical (unpaired) electrons. The first-order valence-corrected chi connectivity index (χ1v) is 6.07. The maximum absolute atomic E-state index is 5.91. The molecule has 1 saturated carbocycles. The molecule has 2 rings (SSSR count). The Labute approximate surface area is 103 Å². The first-order chi connectivity index (χ1) is 8.00. The maximum atomic E-state index is 5.91. The number of hydrogen-bond acceptors (Lipinski definition) is 4. The molecule has 94 valence electrons. The van der Waals surface area contributed by atoms with Crippen LogP contribution >= 0.6 is 0 Å². The van der Waals surface area contributed by atoms with Crippen molar-refractivity contribution in [3.05, 3.63) is 12.1 Å². The van der Waals surface area contributed by atoms with Gasteiger partial charge in [0, 0.05) is 12.1 Å². The van der Waals surface area contributed by atoms with Gasteiger partial charge < -0.3 is 15.8 Å². The third-order valence-electron chi connectivity index (χ3n) is 3.42. The number of nitrogens with zero attached hydrogens (tertiary/aromatic N) is 1. The van der Waals surface area contributed by atoms with Gasteiger partial charge in [-0.15, -0.1) is 0 Å². The number of hydrogen-bond donors (Lipinski definition) is 2. The van der Waals surface area contributed by atoms with Crippen LogP contribution in [0.15, 0.2) is 12.1 Å². The lowest BCUT2D eigenvalue weighted by atomic mass is 9.92. The highest BCUT2D eigenvalue weighted by Crippen LogP contribution is 2.38. The van der Waals surface area contributed by atoms with Gasteiger partial charge in [0.15, 0.2) is 5.82 Å². The first kappa shape index (κ1) is 12.0. The van der Waals surface area contributed by atoms with Gasteiger partial charge >= 0.3 is 0 Å². The predicted octanol–water partition coefficient (Wildman–Crippen LogP) is 2.66. The maximum Gasteiger partial charge on any atom is 0.215 e. The number of methoxy groups -OCH3 is 1. The van der Waals surface area contributed by atoms with Gasteiger partial charge in [0.05, 0.1) is 12.8 Å². The third-order valence-corrected chi connectivity index (χ3v) is 3.42. The van der Waals surface area contributed by atoms with Crippen LogP contribution in [0.5, 0.6) is 5.88 Å². The van der Waals surface area contributed by atoms with Crippen molar-refractivity contribution in [2.24, 2.45) is 5.41 Å². The molecule has 1 aliphatic carbocycles. The molecule has 1 fully saturated rings. The summed E-state index contributed by atoms with van der Waals surface area (Å²) in [5.74, 6) is 1.34. The van der Waals surface area contributed by atoms with Gasteiger partial charge in [0.25, 0.3) is 0 Å². The predicted molar refractivity (Wildman–Crippen MR) is 70.2 cm³/mol. The molecule has 0 bridgehead atoms. The zero-order valence-electron chi connectivity index (χ0n) is 10.8. The number of anilines is 2. The molecule has 0 spiro atoms. The lowest BCUT2D eigenvalue weighted by Gasteiger charge is -2.19. The van der Waals surface area contributed by atoms with E-state index >= 15 is 0 Å². The Hall–Kier alpha value is -1.45. The van der Waals surface area contributed by atoms with E-state index in [4.69, 9.17) is 10.5 Å². The molecular formula is C13H21N3O. The lowest BCUT2D eigenvalue weighted by molar-refractivity contribution is 0.378. The second-order valence-corrected chi connectivity index (χ2v) is 5.54. The van der Waals surface area contributed by atoms with Crippen molar-refractivity contribution < 1.29 is 4.74 Å². The van der Waals surface area contributed by atoms with Gasteiger partial charge in [-0.25, -0.2) is 0 Å². The van der Waals surface area contributed by atoms with E-state index in [0.717, 1.165) is 12.2 Å². The third kappa shape index (κ3) is 2.81. The molecule has 4 nitrogen and oxygen atoms in total. The van der Waals surface area contributed by atoms with Crippen LogP contribution in [-0.2, 0) is 0 Å². The number of nitrogens with two attached hydrogens (primary N) is 1. The van der Waals surface area contributed by atoms with Crippen molar-refractivity contribution in [2.75, 3.05) is 18.2 Å². The zero-order chi connectivity index (χ0) is 12.5. The second-order valence-electron chi connectivity index (χ2n) is 5.54. The van der Waals surface area contributed by atoms with Crippen LogP contribution < -0.4 is 15.8 Å². The summed E-state index contributed by atoms with van der Waals surface area (Å²) < 4.78 is 5.11. The van der Waals surface area contributed by atoms with Gasteiger partial charge in [-0.3, -0.25) is 0 Å². The van der Waals surface area contributed by atoms with Crippen LogP contribution in [-0.4, -0.2) is 18.1 Å². The fraction of sp³-hybridized carbons (Fsp3) is 0.615. The minimum absolute atomic E-state index is 0.422. The SMILES string of the molecule is COc1ccc(N)c(NC2CCC(C)(C)C2)n1. The zero-order valence-corrected chi connectivity index (χ0v) is 10.8. The molecule has 1 aliphatic rings. The lowest BCUT2D eigenvalue weighted by Crippen LogP contribution is -2.19. The van der Waals surface area contributed by atoms with Gasteiger partial charge in [0.1, 0.15) is 0 Å². The smallest absolute Gasteiger partial charge is 0.215 e. The number of aromatic nitrogens is 1. The number of nitrogen functional groups attached to an aromatic ring is 1. The molecular weight excluding hydrogens is 214 g/mol. The van der Waals surface area contributed by atoms with E-state index in [-0.39, 0.29) is 0 Å². The highest BCUT2D eigenvalue weighted by Gasteiger charge is 2.31. The number of ether oxygens (including phenoxy) is 1. The summed E-state index contributed by atoms with van der Waals surface area (Å²) in [4.78, 5) is 4.34. The Kier molecular flexibility index (Phi) is 3.13. The molecule has 3 N–H and O–H groups in total. The van der Waals surface area contributed by atoms with Crippen LogP contribution in [0, 0.1) is 5.41 Å². The van der Waals surface area contributed by atoms with Gasteiger partial charge in [0.2, 0.25) is 5.88 Å². The van der Waals surface area contributed by atoms with Crippen molar-refractivity contribution in [1.29, 1.82) is 0 Å². The number of rotatable bonds is 3. The van der Waals surface area contributed by atoms with E-state index in [1.54, 1.807) is 13.2 Å². The van der Waals surface area contributed by atoms with Crippen LogP contribution in [0.4, 0.5) is 11.5 Å². The summed E-state index contributed by atoms with van der Waals surface area (Å²) in [6, 6.07) is 4.07. The van der Waals surface area contributed by atoms with Crippen LogP contribution in [0.25, 0.3) is 0 Å². The van der Waals surface area contributed by atoms with E-state index in [1.165, 1.54) is 12.8 Å². The molecule has 1 aromatic heterocycles. The minimum Gasteiger partial charge on any atom is -0.481 e. The average molecular weight is 235 g/mol. The Morgan fingerprint density at radius 2 is 2.24 bits per heavy atom. The average Bonchev–Trinajstić information content (AvgIpc) is 2.61. The van der Waals surface area contributed by atoms with Crippen molar-refractivity contribution >= 4 is 11.5 Å². The Bertz CT molecular complexity index is 404. The Balaban J connectivity index is 2.08.